The lowest BCUT2D eigenvalue weighted by atomic mass is 9.92. The number of esters is 2. The van der Waals surface area contributed by atoms with Gasteiger partial charge in [0.15, 0.2) is 6.04 Å². The van der Waals surface area contributed by atoms with Gasteiger partial charge in [0.2, 0.25) is 11.8 Å². The van der Waals surface area contributed by atoms with E-state index in [0.717, 1.165) is 33.4 Å². The van der Waals surface area contributed by atoms with Gasteiger partial charge >= 0.3 is 18.0 Å². The summed E-state index contributed by atoms with van der Waals surface area (Å²) >= 11 is 0. The Morgan fingerprint density at radius 2 is 1.50 bits per heavy atom. The van der Waals surface area contributed by atoms with Gasteiger partial charge in [-0.3, -0.25) is 9.59 Å². The minimum atomic E-state index is -1.41. The van der Waals surface area contributed by atoms with Crippen molar-refractivity contribution >= 4 is 29.8 Å². The molecule has 12 nitrogen and oxygen atoms in total. The summed E-state index contributed by atoms with van der Waals surface area (Å²) in [5.74, 6) is -3.64. The standard InChI is InChI=1S/C46H47N3O9/c50-26-34-23-31-15-7-8-17-33(31)25-49(34)42(51)24-32-16-5-2-6-22-40(44(53)57-29-41(47-43(32)52)45(54)56-27-30-13-3-1-4-14-30)48-46(55)58-28-39-37-20-11-9-18-35(37)36-19-10-12-21-38(36)39/h1-5,7-15,17-21,32,34,39-41,50H,6,16,22-29H2,(H,47,52)(H,48,55). The Kier molecular flexibility index (Phi) is 12.9. The number of aliphatic hydroxyl groups excluding tert-OH is 1. The largest absolute Gasteiger partial charge is 0.461 e. The van der Waals surface area contributed by atoms with Gasteiger partial charge < -0.3 is 34.9 Å². The first kappa shape index (κ1) is 39.9. The van der Waals surface area contributed by atoms with E-state index in [0.29, 0.717) is 24.9 Å². The first-order valence-corrected chi connectivity index (χ1v) is 19.7. The van der Waals surface area contributed by atoms with Crippen molar-refractivity contribution in [2.24, 2.45) is 5.92 Å². The molecule has 0 spiro atoms. The van der Waals surface area contributed by atoms with Crippen LogP contribution in [0, 0.1) is 5.92 Å². The first-order valence-electron chi connectivity index (χ1n) is 19.7. The zero-order valence-corrected chi connectivity index (χ0v) is 32.1. The maximum Gasteiger partial charge on any atom is 0.407 e. The van der Waals surface area contributed by atoms with Crippen molar-refractivity contribution in [1.82, 2.24) is 15.5 Å². The molecule has 300 valence electrons. The molecule has 4 unspecified atom stereocenters. The summed E-state index contributed by atoms with van der Waals surface area (Å²) in [4.78, 5) is 69.7. The Labute approximate surface area is 337 Å². The van der Waals surface area contributed by atoms with Crippen LogP contribution in [0.2, 0.25) is 0 Å². The average Bonchev–Trinajstić information content (AvgIpc) is 3.58. The number of aliphatic hydroxyl groups is 1. The fraction of sp³-hybridized carbons (Fsp3) is 0.326. The maximum atomic E-state index is 13.9. The third-order valence-corrected chi connectivity index (χ3v) is 11.0. The van der Waals surface area contributed by atoms with E-state index in [1.807, 2.05) is 78.9 Å². The fourth-order valence-corrected chi connectivity index (χ4v) is 7.88. The minimum absolute atomic E-state index is 0.0476. The molecule has 0 saturated heterocycles. The lowest BCUT2D eigenvalue weighted by Crippen LogP contribution is -2.50. The van der Waals surface area contributed by atoms with Crippen LogP contribution in [0.25, 0.3) is 11.1 Å². The van der Waals surface area contributed by atoms with Crippen LogP contribution in [0.5, 0.6) is 0 Å². The zero-order chi connectivity index (χ0) is 40.4. The van der Waals surface area contributed by atoms with Gasteiger partial charge in [0.1, 0.15) is 25.9 Å². The third-order valence-electron chi connectivity index (χ3n) is 11.0. The van der Waals surface area contributed by atoms with Gasteiger partial charge in [-0.25, -0.2) is 14.4 Å². The molecule has 3 amide bonds. The zero-order valence-electron chi connectivity index (χ0n) is 32.1. The second kappa shape index (κ2) is 18.8. The van der Waals surface area contributed by atoms with Gasteiger partial charge in [-0.1, -0.05) is 115 Å². The number of carbonyl (C=O) groups is 5. The molecular weight excluding hydrogens is 739 g/mol. The van der Waals surface area contributed by atoms with Crippen LogP contribution >= 0.6 is 0 Å². The highest BCUT2D eigenvalue weighted by molar-refractivity contribution is 5.90. The number of cyclic esters (lactones) is 1. The molecule has 7 rings (SSSR count). The van der Waals surface area contributed by atoms with Gasteiger partial charge in [-0.15, -0.1) is 0 Å². The predicted molar refractivity (Wildman–Crippen MR) is 214 cm³/mol. The van der Waals surface area contributed by atoms with Crippen molar-refractivity contribution < 1.29 is 43.3 Å². The van der Waals surface area contributed by atoms with Crippen molar-refractivity contribution in [2.75, 3.05) is 19.8 Å². The number of allylic oxidation sites excluding steroid dienone is 2. The van der Waals surface area contributed by atoms with Crippen LogP contribution in [-0.4, -0.2) is 77.8 Å². The number of fused-ring (bicyclic) bond motifs is 4. The number of ether oxygens (including phenoxy) is 3. The van der Waals surface area contributed by atoms with Crippen LogP contribution in [0.3, 0.4) is 0 Å². The summed E-state index contributed by atoms with van der Waals surface area (Å²) in [5.41, 5.74) is 7.01. The van der Waals surface area contributed by atoms with Crippen LogP contribution in [0.4, 0.5) is 4.79 Å². The van der Waals surface area contributed by atoms with Crippen molar-refractivity contribution in [1.29, 1.82) is 0 Å². The number of carbonyl (C=O) groups excluding carboxylic acids is 5. The highest BCUT2D eigenvalue weighted by atomic mass is 16.6. The molecule has 0 aromatic heterocycles. The topological polar surface area (TPSA) is 161 Å². The van der Waals surface area contributed by atoms with E-state index in [1.54, 1.807) is 41.3 Å². The number of nitrogens with one attached hydrogen (secondary N) is 2. The van der Waals surface area contributed by atoms with Gasteiger partial charge in [-0.05, 0) is 64.6 Å². The summed E-state index contributed by atoms with van der Waals surface area (Å²) in [6.07, 6.45) is 3.64. The number of nitrogens with zero attached hydrogens (tertiary/aromatic N) is 1. The monoisotopic (exact) mass is 785 g/mol. The lowest BCUT2D eigenvalue weighted by Gasteiger charge is -2.36. The van der Waals surface area contributed by atoms with Crippen LogP contribution in [0.1, 0.15) is 59.4 Å². The molecule has 58 heavy (non-hydrogen) atoms. The van der Waals surface area contributed by atoms with E-state index in [-0.39, 0.29) is 50.9 Å². The molecule has 0 saturated carbocycles. The first-order chi connectivity index (χ1) is 28.3. The summed E-state index contributed by atoms with van der Waals surface area (Å²) < 4.78 is 16.8. The molecule has 3 aliphatic rings. The van der Waals surface area contributed by atoms with Crippen molar-refractivity contribution in [2.45, 2.75) is 69.3 Å². The predicted octanol–water partition coefficient (Wildman–Crippen LogP) is 5.36. The quantitative estimate of drug-likeness (QED) is 0.115. The smallest absolute Gasteiger partial charge is 0.407 e. The number of benzene rings is 4. The Hall–Kier alpha value is -6.27. The van der Waals surface area contributed by atoms with Gasteiger partial charge in [-0.2, -0.15) is 0 Å². The maximum absolute atomic E-state index is 13.9. The third kappa shape index (κ3) is 9.46. The molecule has 4 aromatic rings. The minimum Gasteiger partial charge on any atom is -0.461 e. The molecule has 1 aliphatic carbocycles. The van der Waals surface area contributed by atoms with E-state index >= 15 is 0 Å². The molecule has 12 heteroatoms. The SMILES string of the molecule is O=C(NC1CCC=CCC(CC(=O)N2Cc3ccccc3CC2CO)C(=O)NC(C(=O)OCc2ccccc2)COC1=O)OCC1c2ccccc2-c2ccccc21. The molecule has 3 N–H and O–H groups in total. The van der Waals surface area contributed by atoms with E-state index in [9.17, 15) is 29.1 Å². The van der Waals surface area contributed by atoms with Crippen molar-refractivity contribution in [3.8, 4) is 11.1 Å². The van der Waals surface area contributed by atoms with Gasteiger partial charge in [0.05, 0.1) is 18.6 Å². The van der Waals surface area contributed by atoms with E-state index in [2.05, 4.69) is 10.6 Å². The van der Waals surface area contributed by atoms with Crippen molar-refractivity contribution in [3.63, 3.8) is 0 Å². The molecule has 4 aromatic carbocycles. The van der Waals surface area contributed by atoms with Gasteiger partial charge in [0, 0.05) is 18.9 Å². The van der Waals surface area contributed by atoms with Crippen LogP contribution in [0.15, 0.2) is 115 Å². The Bertz CT molecular complexity index is 2110. The summed E-state index contributed by atoms with van der Waals surface area (Å²) in [5, 5.41) is 15.5. The van der Waals surface area contributed by atoms with Crippen LogP contribution < -0.4 is 10.6 Å². The molecule has 4 atom stereocenters. The lowest BCUT2D eigenvalue weighted by molar-refractivity contribution is -0.156. The Morgan fingerprint density at radius 3 is 2.22 bits per heavy atom. The molecular formula is C46H47N3O9. The fourth-order valence-electron chi connectivity index (χ4n) is 7.88. The molecule has 0 radical (unpaired) electrons. The number of rotatable bonds is 9. The Morgan fingerprint density at radius 1 is 0.828 bits per heavy atom. The number of alkyl carbamates (subject to hydrolysis) is 1. The molecule has 0 bridgehead atoms. The van der Waals surface area contributed by atoms with E-state index in [4.69, 9.17) is 14.2 Å². The number of amides is 3. The summed E-state index contributed by atoms with van der Waals surface area (Å²) in [6, 6.07) is 29.7. The highest BCUT2D eigenvalue weighted by Crippen LogP contribution is 2.44. The normalized spacial score (nSPS) is 20.7. The second-order valence-corrected chi connectivity index (χ2v) is 14.8. The second-order valence-electron chi connectivity index (χ2n) is 14.8. The highest BCUT2D eigenvalue weighted by Gasteiger charge is 2.35. The number of hydrogen-bond donors (Lipinski definition) is 3. The Balaban J connectivity index is 1.05. The van der Waals surface area contributed by atoms with E-state index < -0.39 is 54.6 Å². The van der Waals surface area contributed by atoms with E-state index in [1.165, 1.54) is 0 Å². The summed E-state index contributed by atoms with van der Waals surface area (Å²) in [6.45, 7) is -0.554. The number of hydrogen-bond acceptors (Lipinski definition) is 9. The summed E-state index contributed by atoms with van der Waals surface area (Å²) in [7, 11) is 0. The molecule has 0 fully saturated rings. The van der Waals surface area contributed by atoms with Gasteiger partial charge in [0.25, 0.3) is 0 Å². The average molecular weight is 786 g/mol. The van der Waals surface area contributed by atoms with Crippen LogP contribution in [-0.2, 0) is 53.0 Å². The molecule has 2 aliphatic heterocycles. The molecule has 2 heterocycles. The van der Waals surface area contributed by atoms with Crippen molar-refractivity contribution in [3.05, 3.63) is 143 Å².